The van der Waals surface area contributed by atoms with E-state index < -0.39 is 17.5 Å². The Morgan fingerprint density at radius 1 is 0.962 bits per heavy atom. The van der Waals surface area contributed by atoms with E-state index in [0.29, 0.717) is 27.8 Å². The fourth-order valence-corrected chi connectivity index (χ4v) is 3.12. The number of phenols is 1. The first-order valence-corrected chi connectivity index (χ1v) is 7.98. The van der Waals surface area contributed by atoms with Crippen molar-refractivity contribution < 1.29 is 18.7 Å². The third-order valence-corrected chi connectivity index (χ3v) is 4.39. The molecule has 3 aromatic rings. The van der Waals surface area contributed by atoms with Crippen molar-refractivity contribution >= 4 is 5.91 Å². The maximum Gasteiger partial charge on any atom is 0.249 e. The molecule has 0 saturated heterocycles. The lowest BCUT2D eigenvalue weighted by atomic mass is 9.88. The molecular weight excluding hydrogens is 336 g/mol. The molecule has 0 aromatic heterocycles. The van der Waals surface area contributed by atoms with Crippen molar-refractivity contribution in [2.24, 2.45) is 5.73 Å². The number of amides is 1. The number of hydrogen-bond acceptors (Lipinski definition) is 2. The van der Waals surface area contributed by atoms with Crippen molar-refractivity contribution in [1.29, 1.82) is 0 Å². The zero-order valence-electron chi connectivity index (χ0n) is 14.3. The van der Waals surface area contributed by atoms with Gasteiger partial charge in [-0.1, -0.05) is 18.2 Å². The van der Waals surface area contributed by atoms with Gasteiger partial charge in [0.15, 0.2) is 0 Å². The Balaban J connectivity index is 2.32. The second-order valence-electron chi connectivity index (χ2n) is 6.16. The highest BCUT2D eigenvalue weighted by molar-refractivity contribution is 6.02. The average molecular weight is 353 g/mol. The molecule has 3 nitrogen and oxygen atoms in total. The van der Waals surface area contributed by atoms with Crippen molar-refractivity contribution in [2.75, 3.05) is 0 Å². The van der Waals surface area contributed by atoms with Gasteiger partial charge < -0.3 is 10.8 Å². The molecule has 0 saturated carbocycles. The summed E-state index contributed by atoms with van der Waals surface area (Å²) in [6, 6.07) is 11.6. The van der Waals surface area contributed by atoms with Crippen LogP contribution in [0.3, 0.4) is 0 Å². The van der Waals surface area contributed by atoms with Crippen LogP contribution in [0.15, 0.2) is 48.5 Å². The summed E-state index contributed by atoms with van der Waals surface area (Å²) in [4.78, 5) is 12.1. The van der Waals surface area contributed by atoms with Gasteiger partial charge in [-0.05, 0) is 60.9 Å². The summed E-state index contributed by atoms with van der Waals surface area (Å²) in [5.74, 6) is -1.78. The summed E-state index contributed by atoms with van der Waals surface area (Å²) in [5.41, 5.74) is 8.17. The van der Waals surface area contributed by atoms with Gasteiger partial charge in [0, 0.05) is 22.3 Å². The smallest absolute Gasteiger partial charge is 0.249 e. The number of aromatic hydroxyl groups is 1. The topological polar surface area (TPSA) is 63.3 Å². The van der Waals surface area contributed by atoms with Gasteiger partial charge in [0.2, 0.25) is 5.91 Å². The zero-order valence-corrected chi connectivity index (χ0v) is 14.3. The lowest BCUT2D eigenvalue weighted by molar-refractivity contribution is 0.100. The van der Waals surface area contributed by atoms with Crippen LogP contribution in [0, 0.1) is 25.5 Å². The zero-order chi connectivity index (χ0) is 19.0. The van der Waals surface area contributed by atoms with Crippen molar-refractivity contribution in [3.63, 3.8) is 0 Å². The quantitative estimate of drug-likeness (QED) is 0.716. The molecule has 0 spiro atoms. The molecule has 5 heteroatoms. The highest BCUT2D eigenvalue weighted by Crippen LogP contribution is 2.38. The Labute approximate surface area is 149 Å². The van der Waals surface area contributed by atoms with Crippen LogP contribution in [-0.2, 0) is 0 Å². The highest BCUT2D eigenvalue weighted by Gasteiger charge is 2.21. The minimum Gasteiger partial charge on any atom is -0.508 e. The fourth-order valence-electron chi connectivity index (χ4n) is 3.12. The molecule has 26 heavy (non-hydrogen) atoms. The number of phenolic OH excluding ortho intramolecular Hbond substituents is 1. The van der Waals surface area contributed by atoms with E-state index in [4.69, 9.17) is 5.73 Å². The average Bonchev–Trinajstić information content (AvgIpc) is 2.59. The van der Waals surface area contributed by atoms with E-state index in [2.05, 4.69) is 0 Å². The van der Waals surface area contributed by atoms with Gasteiger partial charge in [-0.2, -0.15) is 0 Å². The summed E-state index contributed by atoms with van der Waals surface area (Å²) in [6.45, 7) is 3.28. The van der Waals surface area contributed by atoms with Crippen molar-refractivity contribution in [2.45, 2.75) is 13.8 Å². The monoisotopic (exact) mass is 353 g/mol. The van der Waals surface area contributed by atoms with Gasteiger partial charge in [-0.3, -0.25) is 4.79 Å². The normalized spacial score (nSPS) is 10.8. The second-order valence-corrected chi connectivity index (χ2v) is 6.16. The molecule has 0 aliphatic rings. The summed E-state index contributed by atoms with van der Waals surface area (Å²) in [5, 5.41) is 9.94. The van der Waals surface area contributed by atoms with E-state index in [-0.39, 0.29) is 16.9 Å². The van der Waals surface area contributed by atoms with Crippen LogP contribution in [0.25, 0.3) is 22.3 Å². The molecule has 3 aromatic carbocycles. The Morgan fingerprint density at radius 2 is 1.69 bits per heavy atom. The van der Waals surface area contributed by atoms with E-state index >= 15 is 0 Å². The molecule has 3 rings (SSSR count). The molecule has 3 N–H and O–H groups in total. The number of carbonyl (C=O) groups is 1. The number of primary amides is 1. The van der Waals surface area contributed by atoms with Crippen LogP contribution in [0.4, 0.5) is 8.78 Å². The second kappa shape index (κ2) is 6.59. The number of nitrogens with two attached hydrogens (primary N) is 1. The van der Waals surface area contributed by atoms with E-state index in [1.54, 1.807) is 32.0 Å². The largest absolute Gasteiger partial charge is 0.508 e. The third-order valence-electron chi connectivity index (χ3n) is 4.39. The molecule has 0 bridgehead atoms. The van der Waals surface area contributed by atoms with Gasteiger partial charge in [0.25, 0.3) is 0 Å². The van der Waals surface area contributed by atoms with Gasteiger partial charge in [-0.15, -0.1) is 0 Å². The molecule has 0 heterocycles. The van der Waals surface area contributed by atoms with Crippen molar-refractivity contribution in [3.05, 3.63) is 76.9 Å². The minimum absolute atomic E-state index is 0.0783. The first-order valence-electron chi connectivity index (χ1n) is 7.98. The molecule has 0 unspecified atom stereocenters. The van der Waals surface area contributed by atoms with Crippen LogP contribution >= 0.6 is 0 Å². The van der Waals surface area contributed by atoms with Gasteiger partial charge >= 0.3 is 0 Å². The third kappa shape index (κ3) is 3.04. The predicted molar refractivity (Wildman–Crippen MR) is 96.9 cm³/mol. The molecule has 132 valence electrons. The predicted octanol–water partition coefficient (Wildman–Crippen LogP) is 4.72. The molecule has 0 aliphatic carbocycles. The van der Waals surface area contributed by atoms with Gasteiger partial charge in [-0.25, -0.2) is 8.78 Å². The maximum absolute atomic E-state index is 14.5. The number of hydrogen-bond donors (Lipinski definition) is 2. The van der Waals surface area contributed by atoms with E-state index in [1.807, 2.05) is 0 Å². The Kier molecular flexibility index (Phi) is 4.47. The number of carbonyl (C=O) groups excluding carboxylic acids is 1. The lowest BCUT2D eigenvalue weighted by Gasteiger charge is -2.17. The van der Waals surface area contributed by atoms with E-state index in [0.717, 1.165) is 6.07 Å². The van der Waals surface area contributed by atoms with E-state index in [9.17, 15) is 18.7 Å². The fraction of sp³-hybridized carbons (Fsp3) is 0.0952. The van der Waals surface area contributed by atoms with Crippen LogP contribution in [-0.4, -0.2) is 11.0 Å². The number of aryl methyl sites for hydroxylation is 1. The standard InChI is InChI=1S/C21H17F2NO2/c1-11-8-14(13-4-3-5-15(22)9-13)10-16(21(24)26)19(11)20-12(2)18(25)7-6-17(20)23/h3-10,25H,1-2H3,(H2,24,26). The molecular formula is C21H17F2NO2. The Morgan fingerprint density at radius 3 is 2.35 bits per heavy atom. The number of halogens is 2. The van der Waals surface area contributed by atoms with Crippen LogP contribution in [0.2, 0.25) is 0 Å². The van der Waals surface area contributed by atoms with E-state index in [1.165, 1.54) is 24.3 Å². The summed E-state index contributed by atoms with van der Waals surface area (Å²) < 4.78 is 28.0. The maximum atomic E-state index is 14.5. The SMILES string of the molecule is Cc1cc(-c2cccc(F)c2)cc(C(N)=O)c1-c1c(F)ccc(O)c1C. The first kappa shape index (κ1) is 17.6. The minimum atomic E-state index is -0.733. The Hall–Kier alpha value is -3.21. The summed E-state index contributed by atoms with van der Waals surface area (Å²) >= 11 is 0. The first-order chi connectivity index (χ1) is 12.3. The number of benzene rings is 3. The molecule has 0 atom stereocenters. The van der Waals surface area contributed by atoms with Crippen LogP contribution in [0.5, 0.6) is 5.75 Å². The number of rotatable bonds is 3. The summed E-state index contributed by atoms with van der Waals surface area (Å²) in [6.07, 6.45) is 0. The lowest BCUT2D eigenvalue weighted by Crippen LogP contribution is -2.14. The molecule has 0 radical (unpaired) electrons. The molecule has 1 amide bonds. The summed E-state index contributed by atoms with van der Waals surface area (Å²) in [7, 11) is 0. The van der Waals surface area contributed by atoms with Crippen LogP contribution < -0.4 is 5.73 Å². The Bertz CT molecular complexity index is 1030. The highest BCUT2D eigenvalue weighted by atomic mass is 19.1. The molecule has 0 fully saturated rings. The van der Waals surface area contributed by atoms with Crippen LogP contribution in [0.1, 0.15) is 21.5 Å². The van der Waals surface area contributed by atoms with Crippen molar-refractivity contribution in [1.82, 2.24) is 0 Å². The van der Waals surface area contributed by atoms with Gasteiger partial charge in [0.1, 0.15) is 17.4 Å². The van der Waals surface area contributed by atoms with Gasteiger partial charge in [0.05, 0.1) is 0 Å². The molecule has 0 aliphatic heterocycles. The van der Waals surface area contributed by atoms with Crippen molar-refractivity contribution in [3.8, 4) is 28.0 Å².